The second kappa shape index (κ2) is 9.12. The first-order valence-electron chi connectivity index (χ1n) is 9.57. The first-order valence-corrected chi connectivity index (χ1v) is 9.57. The van der Waals surface area contributed by atoms with Crippen LogP contribution in [0.5, 0.6) is 11.5 Å². The molecule has 152 valence electrons. The van der Waals surface area contributed by atoms with E-state index in [-0.39, 0.29) is 0 Å². The van der Waals surface area contributed by atoms with Crippen LogP contribution in [0, 0.1) is 6.92 Å². The number of hydrogen-bond donors (Lipinski definition) is 1. The van der Waals surface area contributed by atoms with Gasteiger partial charge in [-0.3, -0.25) is 9.69 Å². The molecule has 7 nitrogen and oxygen atoms in total. The van der Waals surface area contributed by atoms with Gasteiger partial charge in [-0.25, -0.2) is 0 Å². The lowest BCUT2D eigenvalue weighted by atomic mass is 10.1. The molecule has 1 saturated heterocycles. The maximum atomic E-state index is 11.9. The fourth-order valence-corrected chi connectivity index (χ4v) is 3.70. The van der Waals surface area contributed by atoms with Crippen LogP contribution in [-0.2, 0) is 11.3 Å². The fraction of sp³-hybridized carbons (Fsp3) is 0.476. The van der Waals surface area contributed by atoms with Crippen LogP contribution in [0.25, 0.3) is 11.3 Å². The van der Waals surface area contributed by atoms with E-state index < -0.39 is 5.91 Å². The Morgan fingerprint density at radius 2 is 1.89 bits per heavy atom. The summed E-state index contributed by atoms with van der Waals surface area (Å²) in [7, 11) is 3.27. The van der Waals surface area contributed by atoms with Crippen LogP contribution in [0.3, 0.4) is 0 Å². The largest absolute Gasteiger partial charge is 0.497 e. The number of rotatable bonds is 8. The second-order valence-corrected chi connectivity index (χ2v) is 6.92. The Bertz CT molecular complexity index is 825. The number of carbonyl (C=O) groups is 1. The van der Waals surface area contributed by atoms with E-state index in [2.05, 4.69) is 9.47 Å². The first-order chi connectivity index (χ1) is 13.5. The second-order valence-electron chi connectivity index (χ2n) is 6.92. The molecule has 7 heteroatoms. The molecule has 0 aliphatic carbocycles. The normalized spacial score (nSPS) is 14.8. The zero-order chi connectivity index (χ0) is 20.1. The molecule has 0 bridgehead atoms. The highest BCUT2D eigenvalue weighted by molar-refractivity contribution is 5.96. The van der Waals surface area contributed by atoms with E-state index in [1.54, 1.807) is 14.2 Å². The van der Waals surface area contributed by atoms with E-state index >= 15 is 0 Å². The summed E-state index contributed by atoms with van der Waals surface area (Å²) < 4.78 is 18.5. The minimum Gasteiger partial charge on any atom is -0.497 e. The van der Waals surface area contributed by atoms with Crippen molar-refractivity contribution < 1.29 is 19.0 Å². The molecule has 0 radical (unpaired) electrons. The van der Waals surface area contributed by atoms with Gasteiger partial charge in [-0.15, -0.1) is 0 Å². The summed E-state index contributed by atoms with van der Waals surface area (Å²) >= 11 is 0. The number of morpholine rings is 1. The Labute approximate surface area is 166 Å². The van der Waals surface area contributed by atoms with Gasteiger partial charge in [0.25, 0.3) is 5.91 Å². The van der Waals surface area contributed by atoms with Gasteiger partial charge < -0.3 is 24.5 Å². The quantitative estimate of drug-likeness (QED) is 0.752. The van der Waals surface area contributed by atoms with Crippen LogP contribution < -0.4 is 15.2 Å². The third-order valence-corrected chi connectivity index (χ3v) is 5.27. The third-order valence-electron chi connectivity index (χ3n) is 5.27. The fourth-order valence-electron chi connectivity index (χ4n) is 3.70. The topological polar surface area (TPSA) is 79.0 Å². The van der Waals surface area contributed by atoms with Gasteiger partial charge in [0.15, 0.2) is 0 Å². The van der Waals surface area contributed by atoms with Crippen LogP contribution in [0.15, 0.2) is 24.3 Å². The molecule has 2 N–H and O–H groups in total. The number of aromatic nitrogens is 1. The summed E-state index contributed by atoms with van der Waals surface area (Å²) in [6, 6.07) is 7.51. The van der Waals surface area contributed by atoms with Gasteiger partial charge in [0, 0.05) is 37.4 Å². The minimum absolute atomic E-state index is 0.424. The molecule has 2 aromatic rings. The van der Waals surface area contributed by atoms with Crippen molar-refractivity contribution in [1.82, 2.24) is 9.47 Å². The highest BCUT2D eigenvalue weighted by atomic mass is 16.5. The van der Waals surface area contributed by atoms with Gasteiger partial charge in [0.1, 0.15) is 11.5 Å². The zero-order valence-corrected chi connectivity index (χ0v) is 16.9. The maximum absolute atomic E-state index is 11.9. The van der Waals surface area contributed by atoms with Crippen molar-refractivity contribution >= 4 is 5.91 Å². The summed E-state index contributed by atoms with van der Waals surface area (Å²) in [6.45, 7) is 7.22. The van der Waals surface area contributed by atoms with Gasteiger partial charge >= 0.3 is 0 Å². The summed E-state index contributed by atoms with van der Waals surface area (Å²) in [5.41, 5.74) is 8.81. The van der Waals surface area contributed by atoms with Crippen molar-refractivity contribution in [2.75, 3.05) is 47.1 Å². The van der Waals surface area contributed by atoms with E-state index in [1.165, 1.54) is 0 Å². The van der Waals surface area contributed by atoms with Crippen LogP contribution in [0.1, 0.15) is 22.5 Å². The molecule has 1 fully saturated rings. The molecule has 2 heterocycles. The summed E-state index contributed by atoms with van der Waals surface area (Å²) in [6.07, 6.45) is 0.965. The number of ether oxygens (including phenoxy) is 3. The van der Waals surface area contributed by atoms with Crippen LogP contribution in [-0.4, -0.2) is 62.4 Å². The maximum Gasteiger partial charge on any atom is 0.250 e. The monoisotopic (exact) mass is 387 g/mol. The molecular formula is C21H29N3O4. The van der Waals surface area contributed by atoms with Crippen molar-refractivity contribution in [2.24, 2.45) is 5.73 Å². The number of carbonyl (C=O) groups excluding carboxylic acids is 1. The summed E-state index contributed by atoms with van der Waals surface area (Å²) in [4.78, 5) is 14.4. The van der Waals surface area contributed by atoms with Crippen LogP contribution >= 0.6 is 0 Å². The molecule has 3 rings (SSSR count). The van der Waals surface area contributed by atoms with Crippen molar-refractivity contribution in [3.8, 4) is 22.8 Å². The van der Waals surface area contributed by atoms with E-state index in [4.69, 9.17) is 19.9 Å². The Kier molecular flexibility index (Phi) is 6.59. The van der Waals surface area contributed by atoms with Gasteiger partial charge in [0.05, 0.1) is 38.7 Å². The summed E-state index contributed by atoms with van der Waals surface area (Å²) in [5.74, 6) is 1.03. The molecule has 0 spiro atoms. The minimum atomic E-state index is -0.424. The third kappa shape index (κ3) is 4.31. The van der Waals surface area contributed by atoms with Crippen molar-refractivity contribution in [3.05, 3.63) is 35.5 Å². The SMILES string of the molecule is COc1ccc(OC)c(-c2cc(C(N)=O)c(C)n2CCCN2CCOCC2)c1. The molecular weight excluding hydrogens is 358 g/mol. The lowest BCUT2D eigenvalue weighted by molar-refractivity contribution is 0.0369. The van der Waals surface area contributed by atoms with E-state index in [0.717, 1.165) is 74.3 Å². The summed E-state index contributed by atoms with van der Waals surface area (Å²) in [5, 5.41) is 0. The molecule has 0 saturated carbocycles. The van der Waals surface area contributed by atoms with Gasteiger partial charge in [-0.2, -0.15) is 0 Å². The number of amides is 1. The molecule has 1 aliphatic heterocycles. The Morgan fingerprint density at radius 1 is 1.14 bits per heavy atom. The molecule has 1 aromatic carbocycles. The van der Waals surface area contributed by atoms with Crippen LogP contribution in [0.4, 0.5) is 0 Å². The van der Waals surface area contributed by atoms with Crippen LogP contribution in [0.2, 0.25) is 0 Å². The lowest BCUT2D eigenvalue weighted by Gasteiger charge is -2.26. The van der Waals surface area contributed by atoms with E-state index in [9.17, 15) is 4.79 Å². The molecule has 0 unspecified atom stereocenters. The highest BCUT2D eigenvalue weighted by Crippen LogP contribution is 2.36. The van der Waals surface area contributed by atoms with Gasteiger partial charge in [-0.1, -0.05) is 0 Å². The predicted octanol–water partition coefficient (Wildman–Crippen LogP) is 2.30. The predicted molar refractivity (Wildman–Crippen MR) is 108 cm³/mol. The molecule has 1 amide bonds. The standard InChI is InChI=1S/C21H29N3O4/c1-15-17(21(22)25)14-19(18-13-16(26-2)5-6-20(18)27-3)24(15)8-4-7-23-9-11-28-12-10-23/h5-6,13-14H,4,7-12H2,1-3H3,(H2,22,25). The van der Waals surface area contributed by atoms with Gasteiger partial charge in [0.2, 0.25) is 0 Å². The Hall–Kier alpha value is -2.51. The number of nitrogens with two attached hydrogens (primary N) is 1. The molecule has 1 aliphatic rings. The molecule has 28 heavy (non-hydrogen) atoms. The average molecular weight is 387 g/mol. The Morgan fingerprint density at radius 3 is 2.54 bits per heavy atom. The lowest BCUT2D eigenvalue weighted by Crippen LogP contribution is -2.37. The first kappa shape index (κ1) is 20.2. The van der Waals surface area contributed by atoms with E-state index in [0.29, 0.717) is 5.56 Å². The van der Waals surface area contributed by atoms with Crippen molar-refractivity contribution in [1.29, 1.82) is 0 Å². The Balaban J connectivity index is 1.92. The average Bonchev–Trinajstić information content (AvgIpc) is 3.05. The number of nitrogens with zero attached hydrogens (tertiary/aromatic N) is 2. The number of benzene rings is 1. The van der Waals surface area contributed by atoms with Crippen molar-refractivity contribution in [2.45, 2.75) is 19.9 Å². The zero-order valence-electron chi connectivity index (χ0n) is 16.9. The molecule has 1 aromatic heterocycles. The van der Waals surface area contributed by atoms with Crippen molar-refractivity contribution in [3.63, 3.8) is 0 Å². The van der Waals surface area contributed by atoms with E-state index in [1.807, 2.05) is 31.2 Å². The smallest absolute Gasteiger partial charge is 0.250 e. The number of methoxy groups -OCH3 is 2. The van der Waals surface area contributed by atoms with Gasteiger partial charge in [-0.05, 0) is 37.6 Å². The highest BCUT2D eigenvalue weighted by Gasteiger charge is 2.20. The molecule has 0 atom stereocenters. The number of hydrogen-bond acceptors (Lipinski definition) is 5. The number of primary amides is 1.